The lowest BCUT2D eigenvalue weighted by Gasteiger charge is -2.23. The van der Waals surface area contributed by atoms with E-state index < -0.39 is 17.9 Å². The van der Waals surface area contributed by atoms with Crippen molar-refractivity contribution in [3.63, 3.8) is 0 Å². The fraction of sp³-hybridized carbons (Fsp3) is 0.161. The second kappa shape index (κ2) is 10.5. The fourth-order valence-electron chi connectivity index (χ4n) is 4.91. The summed E-state index contributed by atoms with van der Waals surface area (Å²) in [5.74, 6) is -0.251. The highest BCUT2D eigenvalue weighted by Crippen LogP contribution is 2.45. The molecule has 1 atom stereocenters. The Hall–Kier alpha value is -4.96. The summed E-state index contributed by atoms with van der Waals surface area (Å²) in [5, 5.41) is 0.586. The number of esters is 1. The van der Waals surface area contributed by atoms with E-state index in [0.717, 1.165) is 16.9 Å². The molecule has 1 amide bonds. The third-order valence-electron chi connectivity index (χ3n) is 6.88. The van der Waals surface area contributed by atoms with Crippen molar-refractivity contribution in [1.82, 2.24) is 4.98 Å². The summed E-state index contributed by atoms with van der Waals surface area (Å²) in [6.45, 7) is 1.99. The number of nitrogens with zero attached hydrogens (tertiary/aromatic N) is 2. The smallest absolute Gasteiger partial charge is 0.350 e. The summed E-state index contributed by atoms with van der Waals surface area (Å²) in [6, 6.07) is 20.9. The van der Waals surface area contributed by atoms with Crippen molar-refractivity contribution in [3.8, 4) is 11.5 Å². The van der Waals surface area contributed by atoms with Crippen LogP contribution in [0.1, 0.15) is 48.7 Å². The summed E-state index contributed by atoms with van der Waals surface area (Å²) in [4.78, 5) is 46.3. The van der Waals surface area contributed by atoms with Gasteiger partial charge in [0, 0.05) is 0 Å². The molecule has 9 nitrogen and oxygen atoms in total. The number of carbonyl (C=O) groups is 2. The number of anilines is 1. The topological polar surface area (TPSA) is 108 Å². The van der Waals surface area contributed by atoms with Crippen LogP contribution in [0.5, 0.6) is 11.5 Å². The van der Waals surface area contributed by atoms with E-state index in [4.69, 9.17) is 18.6 Å². The standard InChI is InChI=1S/C31H24N2O7S/c1-17-28(30(36)38-3)41-31(32-17)33-25(24-26(34)20-11-7-8-12-21(20)40-27(24)29(33)35)19-13-14-22(23(15-19)37-2)39-16-18-9-5-4-6-10-18/h4-15,25H,16H2,1-3H3. The zero-order valence-corrected chi connectivity index (χ0v) is 23.2. The van der Waals surface area contributed by atoms with Crippen molar-refractivity contribution in [1.29, 1.82) is 0 Å². The molecule has 0 radical (unpaired) electrons. The van der Waals surface area contributed by atoms with Crippen LogP contribution in [0.15, 0.2) is 82.0 Å². The largest absolute Gasteiger partial charge is 0.493 e. The summed E-state index contributed by atoms with van der Waals surface area (Å²) in [7, 11) is 2.80. The Morgan fingerprint density at radius 1 is 1.00 bits per heavy atom. The normalized spacial score (nSPS) is 14.3. The number of hydrogen-bond donors (Lipinski definition) is 0. The molecule has 3 heterocycles. The van der Waals surface area contributed by atoms with Crippen LogP contribution in [0.3, 0.4) is 0 Å². The lowest BCUT2D eigenvalue weighted by Crippen LogP contribution is -2.29. The van der Waals surface area contributed by atoms with Crippen LogP contribution in [0.2, 0.25) is 0 Å². The molecule has 2 aromatic heterocycles. The predicted molar refractivity (Wildman–Crippen MR) is 153 cm³/mol. The molecular formula is C31H24N2O7S. The molecule has 206 valence electrons. The number of ether oxygens (including phenoxy) is 3. The Labute approximate surface area is 238 Å². The van der Waals surface area contributed by atoms with Gasteiger partial charge in [-0.1, -0.05) is 59.9 Å². The highest BCUT2D eigenvalue weighted by Gasteiger charge is 2.45. The molecule has 6 rings (SSSR count). The van der Waals surface area contributed by atoms with Gasteiger partial charge in [-0.25, -0.2) is 9.78 Å². The van der Waals surface area contributed by atoms with Crippen molar-refractivity contribution in [2.45, 2.75) is 19.6 Å². The molecule has 0 saturated carbocycles. The number of para-hydroxylation sites is 1. The SMILES string of the molecule is COC(=O)c1sc(N2C(=O)c3oc4ccccc4c(=O)c3C2c2ccc(OCc3ccccc3)c(OC)c2)nc1C. The maximum Gasteiger partial charge on any atom is 0.350 e. The van der Waals surface area contributed by atoms with E-state index in [1.165, 1.54) is 19.1 Å². The molecule has 0 fully saturated rings. The maximum absolute atomic E-state index is 13.9. The van der Waals surface area contributed by atoms with Crippen LogP contribution in [0, 0.1) is 6.92 Å². The second-order valence-corrected chi connectivity index (χ2v) is 10.3. The van der Waals surface area contributed by atoms with E-state index in [1.54, 1.807) is 49.4 Å². The van der Waals surface area contributed by atoms with E-state index >= 15 is 0 Å². The number of benzene rings is 3. The number of methoxy groups -OCH3 is 2. The maximum atomic E-state index is 13.9. The monoisotopic (exact) mass is 568 g/mol. The lowest BCUT2D eigenvalue weighted by molar-refractivity contribution is 0.0605. The van der Waals surface area contributed by atoms with Crippen LogP contribution in [-0.2, 0) is 11.3 Å². The molecule has 1 aliphatic rings. The highest BCUT2D eigenvalue weighted by atomic mass is 32.1. The number of carbonyl (C=O) groups excluding carboxylic acids is 2. The predicted octanol–water partition coefficient (Wildman–Crippen LogP) is 5.68. The van der Waals surface area contributed by atoms with Crippen LogP contribution < -0.4 is 19.8 Å². The highest BCUT2D eigenvalue weighted by molar-refractivity contribution is 7.17. The minimum absolute atomic E-state index is 0.0745. The van der Waals surface area contributed by atoms with Crippen molar-refractivity contribution in [2.75, 3.05) is 19.1 Å². The van der Waals surface area contributed by atoms with Crippen molar-refractivity contribution < 1.29 is 28.2 Å². The average Bonchev–Trinajstić information content (AvgIpc) is 3.53. The summed E-state index contributed by atoms with van der Waals surface area (Å²) in [5.41, 5.74) is 2.14. The van der Waals surface area contributed by atoms with Gasteiger partial charge in [0.2, 0.25) is 5.76 Å². The van der Waals surface area contributed by atoms with Crippen LogP contribution >= 0.6 is 11.3 Å². The Kier molecular flexibility index (Phi) is 6.76. The van der Waals surface area contributed by atoms with Crippen LogP contribution in [-0.4, -0.2) is 31.1 Å². The van der Waals surface area contributed by atoms with E-state index in [2.05, 4.69) is 4.98 Å². The average molecular weight is 569 g/mol. The first kappa shape index (κ1) is 26.3. The van der Waals surface area contributed by atoms with Gasteiger partial charge in [0.05, 0.1) is 36.9 Å². The minimum Gasteiger partial charge on any atom is -0.493 e. The van der Waals surface area contributed by atoms with E-state index in [1.807, 2.05) is 30.3 Å². The zero-order chi connectivity index (χ0) is 28.7. The molecule has 0 aliphatic carbocycles. The second-order valence-electron chi connectivity index (χ2n) is 9.33. The first-order valence-electron chi connectivity index (χ1n) is 12.7. The summed E-state index contributed by atoms with van der Waals surface area (Å²) >= 11 is 1.01. The number of hydrogen-bond acceptors (Lipinski definition) is 9. The van der Waals surface area contributed by atoms with Gasteiger partial charge < -0.3 is 18.6 Å². The number of amides is 1. The van der Waals surface area contributed by atoms with Gasteiger partial charge in [-0.2, -0.15) is 0 Å². The van der Waals surface area contributed by atoms with Crippen LogP contribution in [0.25, 0.3) is 11.0 Å². The molecule has 5 aromatic rings. The molecular weight excluding hydrogens is 544 g/mol. The van der Waals surface area contributed by atoms with Gasteiger partial charge in [-0.3, -0.25) is 14.5 Å². The van der Waals surface area contributed by atoms with Gasteiger partial charge in [-0.05, 0) is 42.3 Å². The van der Waals surface area contributed by atoms with Gasteiger partial charge >= 0.3 is 5.97 Å². The molecule has 1 aliphatic heterocycles. The number of aromatic nitrogens is 1. The third kappa shape index (κ3) is 4.52. The van der Waals surface area contributed by atoms with Gasteiger partial charge in [0.25, 0.3) is 5.91 Å². The van der Waals surface area contributed by atoms with Gasteiger partial charge in [0.15, 0.2) is 22.1 Å². The molecule has 0 saturated heterocycles. The first-order chi connectivity index (χ1) is 19.9. The van der Waals surface area contributed by atoms with Crippen molar-refractivity contribution in [3.05, 3.63) is 116 Å². The lowest BCUT2D eigenvalue weighted by atomic mass is 9.98. The molecule has 3 aromatic carbocycles. The third-order valence-corrected chi connectivity index (χ3v) is 8.02. The number of aryl methyl sites for hydroxylation is 1. The molecule has 0 bridgehead atoms. The Morgan fingerprint density at radius 2 is 1.76 bits per heavy atom. The molecule has 10 heteroatoms. The van der Waals surface area contributed by atoms with E-state index in [0.29, 0.717) is 40.3 Å². The van der Waals surface area contributed by atoms with Crippen molar-refractivity contribution in [2.24, 2.45) is 0 Å². The summed E-state index contributed by atoms with van der Waals surface area (Å²) in [6.07, 6.45) is 0. The van der Waals surface area contributed by atoms with E-state index in [-0.39, 0.29) is 26.8 Å². The van der Waals surface area contributed by atoms with Gasteiger partial charge in [0.1, 0.15) is 17.1 Å². The van der Waals surface area contributed by atoms with Gasteiger partial charge in [-0.15, -0.1) is 0 Å². The Bertz CT molecular complexity index is 1860. The summed E-state index contributed by atoms with van der Waals surface area (Å²) < 4.78 is 22.6. The quantitative estimate of drug-likeness (QED) is 0.231. The molecule has 0 spiro atoms. The van der Waals surface area contributed by atoms with Crippen LogP contribution in [0.4, 0.5) is 5.13 Å². The fourth-order valence-corrected chi connectivity index (χ4v) is 5.92. The number of thiazole rings is 1. The Morgan fingerprint density at radius 3 is 2.51 bits per heavy atom. The minimum atomic E-state index is -0.897. The Balaban J connectivity index is 1.49. The number of fused-ring (bicyclic) bond motifs is 2. The zero-order valence-electron chi connectivity index (χ0n) is 22.4. The van der Waals surface area contributed by atoms with E-state index in [9.17, 15) is 14.4 Å². The molecule has 0 N–H and O–H groups in total. The van der Waals surface area contributed by atoms with Crippen molar-refractivity contribution >= 4 is 39.3 Å². The molecule has 1 unspecified atom stereocenters. The number of rotatable bonds is 7. The first-order valence-corrected chi connectivity index (χ1v) is 13.5. The molecule has 41 heavy (non-hydrogen) atoms.